The van der Waals surface area contributed by atoms with Gasteiger partial charge >= 0.3 is 6.09 Å². The van der Waals surface area contributed by atoms with Crippen LogP contribution in [-0.4, -0.2) is 40.4 Å². The van der Waals surface area contributed by atoms with Crippen LogP contribution < -0.4 is 10.6 Å². The summed E-state index contributed by atoms with van der Waals surface area (Å²) in [5.74, 6) is -0.532. The van der Waals surface area contributed by atoms with Crippen LogP contribution in [0.25, 0.3) is 0 Å². The molecular formula is C29H32N4O4. The number of benzene rings is 2. The summed E-state index contributed by atoms with van der Waals surface area (Å²) in [5, 5.41) is 5.81. The van der Waals surface area contributed by atoms with E-state index in [-0.39, 0.29) is 24.3 Å². The lowest BCUT2D eigenvalue weighted by molar-refractivity contribution is -0.126. The molecule has 3 amide bonds. The summed E-state index contributed by atoms with van der Waals surface area (Å²) in [6.07, 6.45) is 0.949. The van der Waals surface area contributed by atoms with Gasteiger partial charge in [-0.15, -0.1) is 0 Å². The minimum absolute atomic E-state index is 0.0884. The van der Waals surface area contributed by atoms with Crippen LogP contribution in [0.2, 0.25) is 0 Å². The molecule has 3 aromatic rings. The van der Waals surface area contributed by atoms with Crippen LogP contribution in [0, 0.1) is 12.8 Å². The lowest BCUT2D eigenvalue weighted by Crippen LogP contribution is -2.46. The average Bonchev–Trinajstić information content (AvgIpc) is 3.20. The topological polar surface area (TPSA) is 101 Å². The number of carbonyl (C=O) groups excluding carboxylic acids is 3. The zero-order valence-corrected chi connectivity index (χ0v) is 21.3. The van der Waals surface area contributed by atoms with Gasteiger partial charge in [-0.25, -0.2) is 4.79 Å². The number of cyclic esters (lactones) is 1. The smallest absolute Gasteiger partial charge is 0.411 e. The number of rotatable bonds is 9. The maximum atomic E-state index is 13.5. The molecule has 0 saturated carbocycles. The fraction of sp³-hybridized carbons (Fsp3) is 0.310. The molecule has 0 spiro atoms. The normalized spacial score (nSPS) is 17.0. The first-order valence-corrected chi connectivity index (χ1v) is 12.4. The van der Waals surface area contributed by atoms with Crippen molar-refractivity contribution in [1.29, 1.82) is 0 Å². The number of hydrogen-bond donors (Lipinski definition) is 2. The molecule has 1 aliphatic heterocycles. The highest BCUT2D eigenvalue weighted by Gasteiger charge is 2.46. The van der Waals surface area contributed by atoms with Gasteiger partial charge in [0.2, 0.25) is 11.8 Å². The minimum atomic E-state index is -0.854. The number of nitrogens with zero attached hydrogens (tertiary/aromatic N) is 2. The summed E-state index contributed by atoms with van der Waals surface area (Å²) in [4.78, 5) is 44.3. The van der Waals surface area contributed by atoms with Crippen molar-refractivity contribution >= 4 is 23.6 Å². The van der Waals surface area contributed by atoms with Crippen molar-refractivity contribution in [3.05, 3.63) is 95.3 Å². The quantitative estimate of drug-likeness (QED) is 0.453. The molecule has 4 rings (SSSR count). The van der Waals surface area contributed by atoms with Crippen molar-refractivity contribution in [1.82, 2.24) is 15.2 Å². The van der Waals surface area contributed by atoms with Crippen molar-refractivity contribution in [3.8, 4) is 0 Å². The van der Waals surface area contributed by atoms with Crippen molar-refractivity contribution in [2.24, 2.45) is 5.92 Å². The Hall–Kier alpha value is -4.20. The van der Waals surface area contributed by atoms with E-state index in [1.165, 1.54) is 4.90 Å². The van der Waals surface area contributed by atoms with Gasteiger partial charge in [-0.3, -0.25) is 19.5 Å². The number of carbonyl (C=O) groups is 3. The monoisotopic (exact) mass is 500 g/mol. The summed E-state index contributed by atoms with van der Waals surface area (Å²) in [7, 11) is 0. The number of nitrogens with one attached hydrogen (secondary N) is 2. The molecule has 192 valence electrons. The van der Waals surface area contributed by atoms with Crippen molar-refractivity contribution < 1.29 is 19.1 Å². The Bertz CT molecular complexity index is 1240. The third-order valence-electron chi connectivity index (χ3n) is 6.23. The lowest BCUT2D eigenvalue weighted by atomic mass is 10.00. The Morgan fingerprint density at radius 3 is 2.51 bits per heavy atom. The van der Waals surface area contributed by atoms with Crippen LogP contribution in [0.4, 0.5) is 10.5 Å². The summed E-state index contributed by atoms with van der Waals surface area (Å²) >= 11 is 0. The third kappa shape index (κ3) is 6.52. The molecule has 0 radical (unpaired) electrons. The predicted octanol–water partition coefficient (Wildman–Crippen LogP) is 4.41. The largest absolute Gasteiger partial charge is 0.438 e. The third-order valence-corrected chi connectivity index (χ3v) is 6.23. The second-order valence-electron chi connectivity index (χ2n) is 9.49. The van der Waals surface area contributed by atoms with E-state index in [2.05, 4.69) is 15.6 Å². The molecule has 1 fully saturated rings. The van der Waals surface area contributed by atoms with Gasteiger partial charge in [-0.05, 0) is 42.3 Å². The van der Waals surface area contributed by atoms with Crippen molar-refractivity contribution in [3.63, 3.8) is 0 Å². The molecule has 37 heavy (non-hydrogen) atoms. The summed E-state index contributed by atoms with van der Waals surface area (Å²) in [6, 6.07) is 19.7. The molecule has 8 heteroatoms. The van der Waals surface area contributed by atoms with Crippen LogP contribution in [0.5, 0.6) is 0 Å². The maximum absolute atomic E-state index is 13.5. The second-order valence-corrected chi connectivity index (χ2v) is 9.49. The summed E-state index contributed by atoms with van der Waals surface area (Å²) in [6.45, 7) is 6.25. The van der Waals surface area contributed by atoms with E-state index in [0.717, 1.165) is 16.8 Å². The highest BCUT2D eigenvalue weighted by Crippen LogP contribution is 2.34. The molecule has 2 unspecified atom stereocenters. The Morgan fingerprint density at radius 2 is 1.84 bits per heavy atom. The molecule has 1 aromatic heterocycles. The number of pyridine rings is 1. The van der Waals surface area contributed by atoms with Crippen LogP contribution in [0.15, 0.2) is 72.9 Å². The van der Waals surface area contributed by atoms with E-state index in [4.69, 9.17) is 4.74 Å². The molecule has 2 heterocycles. The van der Waals surface area contributed by atoms with Gasteiger partial charge in [-0.1, -0.05) is 61.9 Å². The minimum Gasteiger partial charge on any atom is -0.438 e. The molecule has 0 aliphatic carbocycles. The Kier molecular flexibility index (Phi) is 8.18. The van der Waals surface area contributed by atoms with Crippen LogP contribution in [0.3, 0.4) is 0 Å². The first kappa shape index (κ1) is 25.9. The van der Waals surface area contributed by atoms with Crippen LogP contribution in [0.1, 0.15) is 42.3 Å². The molecular weight excluding hydrogens is 468 g/mol. The van der Waals surface area contributed by atoms with E-state index in [9.17, 15) is 14.4 Å². The van der Waals surface area contributed by atoms with E-state index < -0.39 is 18.2 Å². The van der Waals surface area contributed by atoms with Crippen LogP contribution in [-0.2, 0) is 27.3 Å². The first-order valence-electron chi connectivity index (χ1n) is 12.4. The van der Waals surface area contributed by atoms with Crippen molar-refractivity contribution in [2.45, 2.75) is 45.9 Å². The molecule has 2 atom stereocenters. The molecule has 2 N–H and O–H groups in total. The number of aromatic nitrogens is 1. The van der Waals surface area contributed by atoms with E-state index in [1.807, 2.05) is 63.2 Å². The molecule has 2 aromatic carbocycles. The Balaban J connectivity index is 1.54. The molecule has 1 saturated heterocycles. The van der Waals surface area contributed by atoms with E-state index in [0.29, 0.717) is 24.2 Å². The zero-order chi connectivity index (χ0) is 26.4. The van der Waals surface area contributed by atoms with Gasteiger partial charge in [0.15, 0.2) is 12.1 Å². The molecule has 8 nitrogen and oxygen atoms in total. The van der Waals surface area contributed by atoms with Gasteiger partial charge in [-0.2, -0.15) is 0 Å². The zero-order valence-electron chi connectivity index (χ0n) is 21.3. The van der Waals surface area contributed by atoms with Gasteiger partial charge in [0.05, 0.1) is 6.54 Å². The van der Waals surface area contributed by atoms with Gasteiger partial charge in [0.25, 0.3) is 0 Å². The van der Waals surface area contributed by atoms with Crippen LogP contribution >= 0.6 is 0 Å². The number of amides is 3. The molecule has 0 bridgehead atoms. The average molecular weight is 501 g/mol. The number of hydrogen-bond acceptors (Lipinski definition) is 5. The molecule has 1 aliphatic rings. The van der Waals surface area contributed by atoms with E-state index >= 15 is 0 Å². The Labute approximate surface area is 217 Å². The fourth-order valence-corrected chi connectivity index (χ4v) is 4.22. The van der Waals surface area contributed by atoms with Gasteiger partial charge in [0.1, 0.15) is 0 Å². The number of aryl methyl sites for hydroxylation is 1. The van der Waals surface area contributed by atoms with Gasteiger partial charge in [0, 0.05) is 36.5 Å². The highest BCUT2D eigenvalue weighted by atomic mass is 16.6. The van der Waals surface area contributed by atoms with E-state index in [1.54, 1.807) is 30.5 Å². The Morgan fingerprint density at radius 1 is 1.05 bits per heavy atom. The highest BCUT2D eigenvalue weighted by molar-refractivity contribution is 5.92. The van der Waals surface area contributed by atoms with Crippen molar-refractivity contribution in [2.75, 3.05) is 11.9 Å². The number of ether oxygens (including phenoxy) is 1. The second kappa shape index (κ2) is 11.7. The standard InChI is InChI=1S/C29H32N4O4/c1-19(2)27(34)32-24-12-10-22(11-13-24)26-25(28(35)31-16-14-23-9-4-5-15-30-23)33(29(36)37-26)18-21-8-6-7-20(3)17-21/h4-13,15,17,19,25-26H,14,16,18H2,1-3H3,(H,31,35)(H,32,34). The number of anilines is 1. The lowest BCUT2D eigenvalue weighted by Gasteiger charge is -2.24. The first-order chi connectivity index (χ1) is 17.8. The SMILES string of the molecule is Cc1cccc(CN2C(=O)OC(c3ccc(NC(=O)C(C)C)cc3)C2C(=O)NCCc2ccccn2)c1. The maximum Gasteiger partial charge on any atom is 0.411 e. The summed E-state index contributed by atoms with van der Waals surface area (Å²) < 4.78 is 5.75. The van der Waals surface area contributed by atoms with Gasteiger partial charge < -0.3 is 15.4 Å². The summed E-state index contributed by atoms with van der Waals surface area (Å²) in [5.41, 5.74) is 4.16. The fourth-order valence-electron chi connectivity index (χ4n) is 4.22. The predicted molar refractivity (Wildman–Crippen MR) is 141 cm³/mol.